The van der Waals surface area contributed by atoms with Gasteiger partial charge in [0.2, 0.25) is 6.71 Å². The summed E-state index contributed by atoms with van der Waals surface area (Å²) in [5.74, 6) is 2.78. The maximum atomic E-state index is 7.18. The van der Waals surface area contributed by atoms with E-state index >= 15 is 0 Å². The highest BCUT2D eigenvalue weighted by Crippen LogP contribution is 2.47. The summed E-state index contributed by atoms with van der Waals surface area (Å²) >= 11 is 1.92. The van der Waals surface area contributed by atoms with E-state index in [-0.39, 0.29) is 13.4 Å². The van der Waals surface area contributed by atoms with Gasteiger partial charge in [-0.25, -0.2) is 0 Å². The topological polar surface area (TPSA) is 19.0 Å². The van der Waals surface area contributed by atoms with E-state index in [1.54, 1.807) is 0 Å². The van der Waals surface area contributed by atoms with E-state index in [0.717, 1.165) is 57.0 Å². The molecule has 0 aromatic heterocycles. The molecule has 7 heteroatoms. The van der Waals surface area contributed by atoms with Crippen molar-refractivity contribution in [2.45, 2.75) is 69.1 Å². The van der Waals surface area contributed by atoms with Gasteiger partial charge in [0.15, 0.2) is 0 Å². The number of ether oxygens (including phenoxy) is 1. The summed E-state index contributed by atoms with van der Waals surface area (Å²) in [6.45, 7) is 14.1. The Morgan fingerprint density at radius 1 is 0.368 bits per heavy atom. The van der Waals surface area contributed by atoms with Gasteiger partial charge < -0.3 is 19.4 Å². The van der Waals surface area contributed by atoms with Crippen molar-refractivity contribution in [1.29, 1.82) is 0 Å². The summed E-state index contributed by atoms with van der Waals surface area (Å²) in [6.07, 6.45) is 0. The van der Waals surface area contributed by atoms with Crippen LogP contribution in [0.2, 0.25) is 0 Å². The van der Waals surface area contributed by atoms with Gasteiger partial charge in [-0.15, -0.1) is 0 Å². The molecule has 0 bridgehead atoms. The molecule has 76 heavy (non-hydrogen) atoms. The molecule has 0 radical (unpaired) electrons. The van der Waals surface area contributed by atoms with Crippen LogP contribution in [0, 0.1) is 0 Å². The molecule has 0 saturated heterocycles. The molecule has 13 rings (SSSR count). The fourth-order valence-electron chi connectivity index (χ4n) is 12.2. The average molecular weight is 1000 g/mol. The predicted molar refractivity (Wildman–Crippen MR) is 326 cm³/mol. The zero-order chi connectivity index (χ0) is 51.6. The first-order valence-electron chi connectivity index (χ1n) is 27.0. The lowest BCUT2D eigenvalue weighted by atomic mass is 9.31. The second-order valence-electron chi connectivity index (χ2n) is 21.4. The van der Waals surface area contributed by atoms with Crippen LogP contribution in [-0.2, 0) is 0 Å². The molecule has 0 fully saturated rings. The van der Waals surface area contributed by atoms with Crippen molar-refractivity contribution in [3.8, 4) is 11.5 Å². The van der Waals surface area contributed by atoms with Gasteiger partial charge in [-0.05, 0) is 142 Å². The number of anilines is 9. The first-order chi connectivity index (χ1) is 37.2. The van der Waals surface area contributed by atoms with Gasteiger partial charge >= 0.3 is 0 Å². The Morgan fingerprint density at radius 3 is 1.42 bits per heavy atom. The molecule has 3 aliphatic rings. The second-order valence-corrected chi connectivity index (χ2v) is 22.5. The number of rotatable bonds is 11. The molecule has 4 nitrogen and oxygen atoms in total. The molecule has 0 spiro atoms. The van der Waals surface area contributed by atoms with E-state index in [1.807, 2.05) is 11.8 Å². The van der Waals surface area contributed by atoms with Gasteiger partial charge in [0.1, 0.15) is 11.5 Å². The van der Waals surface area contributed by atoms with Gasteiger partial charge in [-0.3, -0.25) is 0 Å². The molecule has 10 aromatic rings. The van der Waals surface area contributed by atoms with Crippen molar-refractivity contribution in [2.75, 3.05) is 14.7 Å². The van der Waals surface area contributed by atoms with Gasteiger partial charge in [0.05, 0.1) is 5.69 Å². The third-order valence-corrected chi connectivity index (χ3v) is 16.8. The number of nitrogens with zero attached hydrogens (tertiary/aromatic N) is 3. The van der Waals surface area contributed by atoms with Crippen LogP contribution < -0.4 is 52.2 Å². The molecule has 0 atom stereocenters. The normalized spacial score (nSPS) is 12.9. The van der Waals surface area contributed by atoms with Crippen molar-refractivity contribution in [3.05, 3.63) is 247 Å². The lowest BCUT2D eigenvalue weighted by Crippen LogP contribution is -2.63. The highest BCUT2D eigenvalue weighted by molar-refractivity contribution is 8.00. The lowest BCUT2D eigenvalue weighted by molar-refractivity contribution is 0.487. The minimum absolute atomic E-state index is 0.0303. The summed E-state index contributed by atoms with van der Waals surface area (Å²) in [4.78, 5) is 9.81. The van der Waals surface area contributed by atoms with Gasteiger partial charge in [0.25, 0.3) is 6.71 Å². The maximum Gasteiger partial charge on any atom is 0.256 e. The standard InChI is InChI=1S/C69H59B2N3OS/c1-45(2)48-38-56(46(3)4)68(57(39-48)47(5)6)71-59-37-36-54(72(49-24-12-7-13-25-49)50-26-14-8-15-27-50)42-66(59)76-67-44-62-60(43-61(67)71)70-58-34-22-23-35-64(58)75-65-41-55(40-63(69(65)70)74(62)53-32-20-11-21-33-53)73(51-28-16-9-17-29-51)52-30-18-10-19-31-52/h7-47H,1-6H3. The van der Waals surface area contributed by atoms with Crippen molar-refractivity contribution >= 4 is 109 Å². The highest BCUT2D eigenvalue weighted by atomic mass is 32.2. The molecule has 10 aromatic carbocycles. The van der Waals surface area contributed by atoms with Crippen LogP contribution in [-0.4, -0.2) is 13.4 Å². The minimum atomic E-state index is -0.0941. The molecule has 0 N–H and O–H groups in total. The number of hydrogen-bond donors (Lipinski definition) is 0. The fourth-order valence-corrected chi connectivity index (χ4v) is 13.3. The summed E-state index contributed by atoms with van der Waals surface area (Å²) in [5, 5.41) is 0. The number of hydrogen-bond acceptors (Lipinski definition) is 5. The summed E-state index contributed by atoms with van der Waals surface area (Å²) in [6, 6.07) is 84.9. The van der Waals surface area contributed by atoms with Crippen LogP contribution in [0.4, 0.5) is 51.2 Å². The number of fused-ring (bicyclic) bond motifs is 6. The molecule has 0 amide bonds. The zero-order valence-corrected chi connectivity index (χ0v) is 44.8. The minimum Gasteiger partial charge on any atom is -0.458 e. The van der Waals surface area contributed by atoms with E-state index in [2.05, 4.69) is 287 Å². The fraction of sp³-hybridized carbons (Fsp3) is 0.130. The van der Waals surface area contributed by atoms with E-state index in [1.165, 1.54) is 64.9 Å². The molecular formula is C69H59B2N3OS. The van der Waals surface area contributed by atoms with E-state index in [9.17, 15) is 0 Å². The molecule has 0 saturated carbocycles. The van der Waals surface area contributed by atoms with Gasteiger partial charge in [-0.2, -0.15) is 0 Å². The molecule has 3 heterocycles. The van der Waals surface area contributed by atoms with E-state index in [0.29, 0.717) is 17.8 Å². The van der Waals surface area contributed by atoms with Crippen LogP contribution in [0.15, 0.2) is 240 Å². The summed E-state index contributed by atoms with van der Waals surface area (Å²) in [5.41, 5.74) is 22.0. The number of benzene rings is 10. The van der Waals surface area contributed by atoms with Crippen LogP contribution in [0.25, 0.3) is 0 Å². The first kappa shape index (κ1) is 47.6. The Kier molecular flexibility index (Phi) is 12.2. The smallest absolute Gasteiger partial charge is 0.256 e. The van der Waals surface area contributed by atoms with Gasteiger partial charge in [-0.1, -0.05) is 203 Å². The van der Waals surface area contributed by atoms with Crippen molar-refractivity contribution in [2.24, 2.45) is 0 Å². The summed E-state index contributed by atoms with van der Waals surface area (Å²) in [7, 11) is 0. The van der Waals surface area contributed by atoms with Crippen LogP contribution >= 0.6 is 11.8 Å². The third-order valence-electron chi connectivity index (χ3n) is 15.7. The lowest BCUT2D eigenvalue weighted by Gasteiger charge is -2.42. The molecule has 0 unspecified atom stereocenters. The Bertz CT molecular complexity index is 3670. The van der Waals surface area contributed by atoms with E-state index < -0.39 is 0 Å². The Hall–Kier alpha value is -8.12. The molecular weight excluding hydrogens is 940 g/mol. The predicted octanol–water partition coefficient (Wildman–Crippen LogP) is 15.4. The van der Waals surface area contributed by atoms with Crippen LogP contribution in [0.3, 0.4) is 0 Å². The quantitative estimate of drug-likeness (QED) is 0.120. The van der Waals surface area contributed by atoms with Crippen molar-refractivity contribution < 1.29 is 4.74 Å². The molecule has 368 valence electrons. The average Bonchev–Trinajstić information content (AvgIpc) is 3.65. The second kappa shape index (κ2) is 19.5. The summed E-state index contributed by atoms with van der Waals surface area (Å²) < 4.78 is 7.18. The van der Waals surface area contributed by atoms with Crippen LogP contribution in [0.1, 0.15) is 76.0 Å². The Morgan fingerprint density at radius 2 is 0.868 bits per heavy atom. The number of para-hydroxylation sites is 6. The monoisotopic (exact) mass is 999 g/mol. The molecule has 3 aliphatic heterocycles. The van der Waals surface area contributed by atoms with Gasteiger partial charge in [0, 0.05) is 61.4 Å². The highest BCUT2D eigenvalue weighted by Gasteiger charge is 2.45. The Balaban J connectivity index is 1.09. The SMILES string of the molecule is CC(C)c1cc(C(C)C)c(B2c3ccc(N(c4ccccc4)c4ccccc4)cc3Sc3cc4c(cc32)B2c3ccccc3Oc3cc(N(c5ccccc5)c5ccccc5)cc(c32)N4c2ccccc2)c(C(C)C)c1. The first-order valence-corrected chi connectivity index (χ1v) is 27.8. The molecule has 0 aliphatic carbocycles. The van der Waals surface area contributed by atoms with Crippen LogP contribution in [0.5, 0.6) is 11.5 Å². The maximum absolute atomic E-state index is 7.18. The van der Waals surface area contributed by atoms with Crippen molar-refractivity contribution in [1.82, 2.24) is 0 Å². The Labute approximate surface area is 453 Å². The zero-order valence-electron chi connectivity index (χ0n) is 44.0. The largest absolute Gasteiger partial charge is 0.458 e. The van der Waals surface area contributed by atoms with E-state index in [4.69, 9.17) is 4.74 Å². The third kappa shape index (κ3) is 8.20. The van der Waals surface area contributed by atoms with Crippen molar-refractivity contribution in [3.63, 3.8) is 0 Å².